The zero-order chi connectivity index (χ0) is 9.14. The Morgan fingerprint density at radius 2 is 1.92 bits per heavy atom. The molecule has 0 N–H and O–H groups in total. The van der Waals surface area contributed by atoms with E-state index in [0.29, 0.717) is 11.8 Å². The summed E-state index contributed by atoms with van der Waals surface area (Å²) in [6.45, 7) is 5.61. The average Bonchev–Trinajstić information content (AvgIpc) is 1.96. The summed E-state index contributed by atoms with van der Waals surface area (Å²) < 4.78 is 0. The number of nitrogens with zero attached hydrogens (tertiary/aromatic N) is 1. The first-order valence-electron chi connectivity index (χ1n) is 4.63. The van der Waals surface area contributed by atoms with Crippen LogP contribution in [0, 0.1) is 11.8 Å². The van der Waals surface area contributed by atoms with Crippen molar-refractivity contribution in [3.63, 3.8) is 0 Å². The Morgan fingerprint density at radius 3 is 2.42 bits per heavy atom. The van der Waals surface area contributed by atoms with Crippen LogP contribution in [0.5, 0.6) is 0 Å². The Labute approximate surface area is 75.8 Å². The third-order valence-electron chi connectivity index (χ3n) is 2.42. The van der Waals surface area contributed by atoms with E-state index in [2.05, 4.69) is 51.1 Å². The fourth-order valence-corrected chi connectivity index (χ4v) is 1.47. The smallest absolute Gasteiger partial charge is 0.0224 e. The Hall–Kier alpha value is -0.560. The third-order valence-corrected chi connectivity index (χ3v) is 2.42. The minimum absolute atomic E-state index is 0.699. The van der Waals surface area contributed by atoms with Gasteiger partial charge in [0, 0.05) is 6.54 Å². The molecule has 0 aliphatic heterocycles. The van der Waals surface area contributed by atoms with Crippen molar-refractivity contribution in [2.75, 3.05) is 20.6 Å². The zero-order valence-electron chi connectivity index (χ0n) is 8.54. The fraction of sp³-hybridized carbons (Fsp3) is 0.636. The summed E-state index contributed by atoms with van der Waals surface area (Å²) in [6, 6.07) is 0. The van der Waals surface area contributed by atoms with Crippen molar-refractivity contribution in [1.29, 1.82) is 0 Å². The van der Waals surface area contributed by atoms with Gasteiger partial charge in [0.05, 0.1) is 0 Å². The molecule has 12 heavy (non-hydrogen) atoms. The molecule has 1 aliphatic carbocycles. The maximum absolute atomic E-state index is 2.38. The van der Waals surface area contributed by atoms with Crippen LogP contribution in [-0.4, -0.2) is 25.5 Å². The largest absolute Gasteiger partial charge is 0.305 e. The first-order valence-corrected chi connectivity index (χ1v) is 4.63. The molecule has 1 aliphatic rings. The molecule has 0 fully saturated rings. The molecule has 0 amide bonds. The summed E-state index contributed by atoms with van der Waals surface area (Å²) in [5, 5.41) is 0. The van der Waals surface area contributed by atoms with Gasteiger partial charge in [-0.2, -0.15) is 0 Å². The molecule has 0 unspecified atom stereocenters. The molecule has 0 aromatic carbocycles. The van der Waals surface area contributed by atoms with E-state index >= 15 is 0 Å². The van der Waals surface area contributed by atoms with Gasteiger partial charge in [-0.15, -0.1) is 0 Å². The minimum Gasteiger partial charge on any atom is -0.305 e. The molecule has 0 saturated heterocycles. The second-order valence-electron chi connectivity index (χ2n) is 4.06. The average molecular weight is 165 g/mol. The van der Waals surface area contributed by atoms with Gasteiger partial charge in [0.1, 0.15) is 0 Å². The van der Waals surface area contributed by atoms with Gasteiger partial charge in [-0.3, -0.25) is 0 Å². The van der Waals surface area contributed by atoms with E-state index in [1.165, 1.54) is 5.57 Å². The lowest BCUT2D eigenvalue weighted by atomic mass is 9.88. The predicted octanol–water partition coefficient (Wildman–Crippen LogP) is 2.32. The lowest BCUT2D eigenvalue weighted by Gasteiger charge is -2.20. The van der Waals surface area contributed by atoms with Crippen LogP contribution < -0.4 is 0 Å². The van der Waals surface area contributed by atoms with Crippen LogP contribution in [0.2, 0.25) is 0 Å². The molecular formula is C11H19N. The monoisotopic (exact) mass is 165 g/mol. The van der Waals surface area contributed by atoms with Crippen molar-refractivity contribution >= 4 is 0 Å². The Bertz CT molecular complexity index is 201. The van der Waals surface area contributed by atoms with Crippen molar-refractivity contribution < 1.29 is 0 Å². The van der Waals surface area contributed by atoms with Gasteiger partial charge in [-0.25, -0.2) is 0 Å². The van der Waals surface area contributed by atoms with Crippen LogP contribution in [0.1, 0.15) is 13.8 Å². The van der Waals surface area contributed by atoms with Crippen LogP contribution in [-0.2, 0) is 0 Å². The number of likely N-dealkylation sites (N-methyl/N-ethyl adjacent to an activating group) is 1. The van der Waals surface area contributed by atoms with Crippen LogP contribution >= 0.6 is 0 Å². The van der Waals surface area contributed by atoms with Crippen LogP contribution in [0.3, 0.4) is 0 Å². The summed E-state index contributed by atoms with van der Waals surface area (Å²) >= 11 is 0. The molecule has 0 aromatic heterocycles. The second kappa shape index (κ2) is 3.90. The Balaban J connectivity index is 2.57. The van der Waals surface area contributed by atoms with E-state index in [-0.39, 0.29) is 0 Å². The Kier molecular flexibility index (Phi) is 3.10. The first-order chi connectivity index (χ1) is 5.59. The molecule has 68 valence electrons. The van der Waals surface area contributed by atoms with E-state index in [4.69, 9.17) is 0 Å². The molecule has 0 saturated carbocycles. The van der Waals surface area contributed by atoms with Crippen molar-refractivity contribution in [2.45, 2.75) is 13.8 Å². The summed E-state index contributed by atoms with van der Waals surface area (Å²) in [7, 11) is 4.22. The molecule has 1 nitrogen and oxygen atoms in total. The quantitative estimate of drug-likeness (QED) is 0.607. The number of allylic oxidation sites excluding steroid dienone is 2. The van der Waals surface area contributed by atoms with Gasteiger partial charge in [-0.05, 0) is 31.5 Å². The van der Waals surface area contributed by atoms with Crippen molar-refractivity contribution in [3.05, 3.63) is 23.8 Å². The lowest BCUT2D eigenvalue weighted by molar-refractivity contribution is 0.442. The van der Waals surface area contributed by atoms with E-state index < -0.39 is 0 Å². The van der Waals surface area contributed by atoms with Gasteiger partial charge in [0.25, 0.3) is 0 Å². The second-order valence-corrected chi connectivity index (χ2v) is 4.06. The highest BCUT2D eigenvalue weighted by molar-refractivity contribution is 5.26. The van der Waals surface area contributed by atoms with Gasteiger partial charge >= 0.3 is 0 Å². The van der Waals surface area contributed by atoms with Crippen molar-refractivity contribution in [2.24, 2.45) is 11.8 Å². The van der Waals surface area contributed by atoms with Crippen molar-refractivity contribution in [1.82, 2.24) is 4.90 Å². The third kappa shape index (κ3) is 2.49. The number of rotatable bonds is 2. The molecule has 0 bridgehead atoms. The minimum atomic E-state index is 0.699. The molecule has 0 radical (unpaired) electrons. The highest BCUT2D eigenvalue weighted by atomic mass is 15.0. The molecular weight excluding hydrogens is 146 g/mol. The maximum Gasteiger partial charge on any atom is 0.0224 e. The van der Waals surface area contributed by atoms with Gasteiger partial charge < -0.3 is 4.90 Å². The van der Waals surface area contributed by atoms with E-state index in [0.717, 1.165) is 6.54 Å². The maximum atomic E-state index is 2.38. The summed E-state index contributed by atoms with van der Waals surface area (Å²) in [5.41, 5.74) is 1.45. The first kappa shape index (κ1) is 9.53. The lowest BCUT2D eigenvalue weighted by Crippen LogP contribution is -2.17. The van der Waals surface area contributed by atoms with Gasteiger partial charge in [0.2, 0.25) is 0 Å². The normalized spacial score (nSPS) is 29.2. The zero-order valence-corrected chi connectivity index (χ0v) is 8.54. The Morgan fingerprint density at radius 1 is 1.25 bits per heavy atom. The summed E-state index contributed by atoms with van der Waals surface area (Å²) in [6.07, 6.45) is 6.94. The molecule has 0 heterocycles. The fourth-order valence-electron chi connectivity index (χ4n) is 1.47. The standard InChI is InChI=1S/C11H19N/c1-9-5-6-11(7-10(9)2)8-12(3)4/h5-7,9-10H,8H2,1-4H3/t9-,10+/m0/s1. The van der Waals surface area contributed by atoms with E-state index in [1.54, 1.807) is 0 Å². The molecule has 1 rings (SSSR count). The SMILES string of the molecule is C[C@@H]1C=C(CN(C)C)C=C[C@@H]1C. The highest BCUT2D eigenvalue weighted by Crippen LogP contribution is 2.21. The predicted molar refractivity (Wildman–Crippen MR) is 54.1 cm³/mol. The molecule has 0 aromatic rings. The summed E-state index contributed by atoms with van der Waals surface area (Å²) in [5.74, 6) is 1.40. The molecule has 1 heteroatoms. The van der Waals surface area contributed by atoms with Crippen LogP contribution in [0.15, 0.2) is 23.8 Å². The highest BCUT2D eigenvalue weighted by Gasteiger charge is 2.11. The van der Waals surface area contributed by atoms with Gasteiger partial charge in [0.15, 0.2) is 0 Å². The summed E-state index contributed by atoms with van der Waals surface area (Å²) in [4.78, 5) is 2.21. The van der Waals surface area contributed by atoms with Crippen LogP contribution in [0.4, 0.5) is 0 Å². The number of hydrogen-bond donors (Lipinski definition) is 0. The molecule has 0 spiro atoms. The molecule has 2 atom stereocenters. The van der Waals surface area contributed by atoms with Gasteiger partial charge in [-0.1, -0.05) is 32.1 Å². The van der Waals surface area contributed by atoms with Crippen molar-refractivity contribution in [3.8, 4) is 0 Å². The van der Waals surface area contributed by atoms with E-state index in [9.17, 15) is 0 Å². The van der Waals surface area contributed by atoms with E-state index in [1.807, 2.05) is 0 Å². The number of hydrogen-bond acceptors (Lipinski definition) is 1. The van der Waals surface area contributed by atoms with Crippen LogP contribution in [0.25, 0.3) is 0 Å². The topological polar surface area (TPSA) is 3.24 Å².